The van der Waals surface area contributed by atoms with E-state index in [2.05, 4.69) is 20.3 Å². The Morgan fingerprint density at radius 3 is 2.86 bits per heavy atom. The molecule has 6 nitrogen and oxygen atoms in total. The molecule has 0 aliphatic rings. The maximum absolute atomic E-state index is 5.52. The molecule has 0 amide bonds. The highest BCUT2D eigenvalue weighted by Crippen LogP contribution is 2.38. The summed E-state index contributed by atoms with van der Waals surface area (Å²) in [6.07, 6.45) is 0.0903. The first-order chi connectivity index (χ1) is 10.6. The molecule has 0 saturated carbocycles. The van der Waals surface area contributed by atoms with E-state index in [-0.39, 0.29) is 11.4 Å². The second-order valence-corrected chi connectivity index (χ2v) is 8.17. The minimum absolute atomic E-state index is 0.000984. The number of nitrogens with zero attached hydrogens (tertiary/aromatic N) is 4. The third-order valence-electron chi connectivity index (χ3n) is 2.53. The number of thioether (sulfide) groups is 1. The van der Waals surface area contributed by atoms with Crippen LogP contribution in [0, 0.1) is 0 Å². The summed E-state index contributed by atoms with van der Waals surface area (Å²) in [7, 11) is 0. The average molecular weight is 354 g/mol. The number of rotatable bonds is 6. The molecule has 0 aliphatic carbocycles. The average Bonchev–Trinajstić information content (AvgIpc) is 3.19. The molecule has 3 aromatic heterocycles. The van der Waals surface area contributed by atoms with E-state index in [1.165, 1.54) is 23.1 Å². The summed E-state index contributed by atoms with van der Waals surface area (Å²) in [5, 5.41) is 14.7. The summed E-state index contributed by atoms with van der Waals surface area (Å²) in [4.78, 5) is 5.44. The zero-order valence-electron chi connectivity index (χ0n) is 12.2. The van der Waals surface area contributed by atoms with E-state index in [9.17, 15) is 0 Å². The van der Waals surface area contributed by atoms with Gasteiger partial charge < -0.3 is 9.26 Å². The Bertz CT molecular complexity index is 723. The molecule has 1 unspecified atom stereocenters. The van der Waals surface area contributed by atoms with E-state index in [0.29, 0.717) is 16.9 Å². The predicted octanol–water partition coefficient (Wildman–Crippen LogP) is 4.29. The molecule has 9 heteroatoms. The second-order valence-electron chi connectivity index (χ2n) is 4.69. The van der Waals surface area contributed by atoms with Crippen LogP contribution in [0.3, 0.4) is 0 Å². The lowest BCUT2D eigenvalue weighted by Crippen LogP contribution is -2.04. The van der Waals surface area contributed by atoms with Crippen molar-refractivity contribution in [2.75, 3.05) is 0 Å². The third kappa shape index (κ3) is 3.65. The van der Waals surface area contributed by atoms with Crippen molar-refractivity contribution in [2.45, 2.75) is 36.5 Å². The summed E-state index contributed by atoms with van der Waals surface area (Å²) in [5.74, 6) is 1.20. The highest BCUT2D eigenvalue weighted by Gasteiger charge is 2.19. The van der Waals surface area contributed by atoms with Gasteiger partial charge in [0.2, 0.25) is 11.7 Å². The minimum atomic E-state index is 0.000984. The van der Waals surface area contributed by atoms with Gasteiger partial charge in [-0.05, 0) is 43.6 Å². The van der Waals surface area contributed by atoms with Crippen molar-refractivity contribution in [3.63, 3.8) is 0 Å². The fourth-order valence-corrected chi connectivity index (χ4v) is 4.23. The molecule has 3 aromatic rings. The van der Waals surface area contributed by atoms with Gasteiger partial charge >= 0.3 is 0 Å². The predicted molar refractivity (Wildman–Crippen MR) is 87.6 cm³/mol. The molecular weight excluding hydrogens is 340 g/mol. The Hall–Kier alpha value is -1.45. The fraction of sp³-hybridized carbons (Fsp3) is 0.385. The summed E-state index contributed by atoms with van der Waals surface area (Å²) in [6.45, 7) is 5.92. The third-order valence-corrected chi connectivity index (χ3v) is 5.38. The molecule has 116 valence electrons. The van der Waals surface area contributed by atoms with E-state index in [0.717, 1.165) is 9.22 Å². The van der Waals surface area contributed by atoms with E-state index < -0.39 is 0 Å². The van der Waals surface area contributed by atoms with Gasteiger partial charge in [-0.25, -0.2) is 0 Å². The van der Waals surface area contributed by atoms with Crippen molar-refractivity contribution in [3.05, 3.63) is 23.4 Å². The van der Waals surface area contributed by atoms with E-state index in [4.69, 9.17) is 9.26 Å². The first-order valence-electron chi connectivity index (χ1n) is 6.66. The molecule has 0 N–H and O–H groups in total. The van der Waals surface area contributed by atoms with Crippen LogP contribution in [0.1, 0.15) is 31.9 Å². The number of aromatic nitrogens is 4. The molecule has 0 aromatic carbocycles. The van der Waals surface area contributed by atoms with Gasteiger partial charge in [0.15, 0.2) is 4.34 Å². The van der Waals surface area contributed by atoms with Crippen LogP contribution in [0.5, 0.6) is 5.19 Å². The minimum Gasteiger partial charge on any atom is -0.466 e. The number of thiophene rings is 1. The van der Waals surface area contributed by atoms with Gasteiger partial charge in [0.1, 0.15) is 0 Å². The maximum atomic E-state index is 5.52. The van der Waals surface area contributed by atoms with Crippen LogP contribution >= 0.6 is 34.4 Å². The van der Waals surface area contributed by atoms with Crippen molar-refractivity contribution < 1.29 is 9.26 Å². The molecule has 0 bridgehead atoms. The van der Waals surface area contributed by atoms with Gasteiger partial charge in [0, 0.05) is 0 Å². The Morgan fingerprint density at radius 1 is 1.27 bits per heavy atom. The van der Waals surface area contributed by atoms with Crippen LogP contribution in [-0.2, 0) is 0 Å². The lowest BCUT2D eigenvalue weighted by atomic mass is 10.4. The van der Waals surface area contributed by atoms with Crippen LogP contribution in [0.15, 0.2) is 26.4 Å². The summed E-state index contributed by atoms with van der Waals surface area (Å²) < 4.78 is 11.7. The zero-order valence-corrected chi connectivity index (χ0v) is 14.7. The van der Waals surface area contributed by atoms with Gasteiger partial charge in [-0.1, -0.05) is 28.1 Å². The Balaban J connectivity index is 1.67. The molecule has 0 radical (unpaired) electrons. The smallest absolute Gasteiger partial charge is 0.295 e. The molecular formula is C13H14N4O2S3. The normalized spacial score (nSPS) is 12.7. The molecule has 0 spiro atoms. The number of hydrogen-bond acceptors (Lipinski definition) is 9. The highest BCUT2D eigenvalue weighted by atomic mass is 32.2. The second kappa shape index (κ2) is 6.76. The van der Waals surface area contributed by atoms with Crippen molar-refractivity contribution in [3.8, 4) is 15.9 Å². The maximum Gasteiger partial charge on any atom is 0.295 e. The van der Waals surface area contributed by atoms with Crippen LogP contribution in [0.2, 0.25) is 0 Å². The lowest BCUT2D eigenvalue weighted by Gasteiger charge is -2.03. The van der Waals surface area contributed by atoms with E-state index in [1.54, 1.807) is 11.3 Å². The monoisotopic (exact) mass is 354 g/mol. The summed E-state index contributed by atoms with van der Waals surface area (Å²) in [6, 6.07) is 3.93. The van der Waals surface area contributed by atoms with Crippen molar-refractivity contribution >= 4 is 34.4 Å². The van der Waals surface area contributed by atoms with Gasteiger partial charge in [0.05, 0.1) is 16.2 Å². The van der Waals surface area contributed by atoms with Gasteiger partial charge in [-0.15, -0.1) is 16.4 Å². The number of hydrogen-bond donors (Lipinski definition) is 0. The standard InChI is InChI=1S/C13H14N4O2S3/c1-7(2)18-12-15-16-13(22-12)21-8(3)11-14-10(17-19-11)9-5-4-6-20-9/h4-8H,1-3H3. The van der Waals surface area contributed by atoms with Crippen LogP contribution in [0.25, 0.3) is 10.7 Å². The molecule has 3 heterocycles. The molecule has 22 heavy (non-hydrogen) atoms. The topological polar surface area (TPSA) is 73.9 Å². The Labute approximate surface area is 139 Å². The highest BCUT2D eigenvalue weighted by molar-refractivity contribution is 8.01. The molecule has 0 aliphatic heterocycles. The summed E-state index contributed by atoms with van der Waals surface area (Å²) in [5.41, 5.74) is 0. The number of ether oxygens (including phenoxy) is 1. The molecule has 3 rings (SSSR count). The Kier molecular flexibility index (Phi) is 4.74. The first-order valence-corrected chi connectivity index (χ1v) is 9.23. The van der Waals surface area contributed by atoms with Gasteiger partial charge in [-0.3, -0.25) is 0 Å². The SMILES string of the molecule is CC(C)Oc1nnc(SC(C)c2nc(-c3cccs3)no2)s1. The molecule has 0 saturated heterocycles. The van der Waals surface area contributed by atoms with Crippen LogP contribution in [-0.4, -0.2) is 26.4 Å². The largest absolute Gasteiger partial charge is 0.466 e. The van der Waals surface area contributed by atoms with Crippen molar-refractivity contribution in [2.24, 2.45) is 0 Å². The van der Waals surface area contributed by atoms with Crippen LogP contribution in [0.4, 0.5) is 0 Å². The Morgan fingerprint density at radius 2 is 2.14 bits per heavy atom. The molecule has 0 fully saturated rings. The lowest BCUT2D eigenvalue weighted by molar-refractivity contribution is 0.239. The zero-order chi connectivity index (χ0) is 15.5. The summed E-state index contributed by atoms with van der Waals surface area (Å²) >= 11 is 4.53. The van der Waals surface area contributed by atoms with Gasteiger partial charge in [0.25, 0.3) is 5.19 Å². The fourth-order valence-electron chi connectivity index (χ4n) is 1.60. The molecule has 1 atom stereocenters. The van der Waals surface area contributed by atoms with E-state index in [1.807, 2.05) is 38.3 Å². The van der Waals surface area contributed by atoms with Crippen molar-refractivity contribution in [1.82, 2.24) is 20.3 Å². The van der Waals surface area contributed by atoms with Crippen LogP contribution < -0.4 is 4.74 Å². The van der Waals surface area contributed by atoms with Crippen molar-refractivity contribution in [1.29, 1.82) is 0 Å². The quantitative estimate of drug-likeness (QED) is 0.611. The first kappa shape index (κ1) is 15.4. The van der Waals surface area contributed by atoms with E-state index >= 15 is 0 Å². The van der Waals surface area contributed by atoms with Gasteiger partial charge in [-0.2, -0.15) is 4.98 Å².